The predicted molar refractivity (Wildman–Crippen MR) is 85.9 cm³/mol. The van der Waals surface area contributed by atoms with E-state index in [2.05, 4.69) is 30.0 Å². The fraction of sp³-hybridized carbons (Fsp3) is 0.375. The highest BCUT2D eigenvalue weighted by molar-refractivity contribution is 5.96. The average Bonchev–Trinajstić information content (AvgIpc) is 3.13. The van der Waals surface area contributed by atoms with Gasteiger partial charge in [0.05, 0.1) is 12.1 Å². The highest BCUT2D eigenvalue weighted by Crippen LogP contribution is 2.29. The zero-order valence-electron chi connectivity index (χ0n) is 12.9. The molecule has 2 aromatic rings. The summed E-state index contributed by atoms with van der Waals surface area (Å²) >= 11 is 0. The molecule has 8 heteroatoms. The molecular weight excluding hydrogens is 308 g/mol. The first-order valence-electron chi connectivity index (χ1n) is 7.90. The Hall–Kier alpha value is -2.90. The number of rotatable bonds is 3. The molecule has 0 aromatic carbocycles. The van der Waals surface area contributed by atoms with Gasteiger partial charge in [-0.3, -0.25) is 9.78 Å². The molecule has 0 spiro atoms. The van der Waals surface area contributed by atoms with Gasteiger partial charge in [-0.2, -0.15) is 4.98 Å². The minimum absolute atomic E-state index is 0.119. The van der Waals surface area contributed by atoms with E-state index < -0.39 is 5.92 Å². The third kappa shape index (κ3) is 2.82. The van der Waals surface area contributed by atoms with E-state index in [1.807, 2.05) is 0 Å². The summed E-state index contributed by atoms with van der Waals surface area (Å²) in [7, 11) is 0. The lowest BCUT2D eigenvalue weighted by molar-refractivity contribution is -0.118. The molecule has 1 fully saturated rings. The number of piperidine rings is 1. The molecule has 1 amide bonds. The fourth-order valence-electron chi connectivity index (χ4n) is 3.02. The molecule has 8 nitrogen and oxygen atoms in total. The van der Waals surface area contributed by atoms with Crippen LogP contribution in [0.2, 0.25) is 0 Å². The first-order valence-corrected chi connectivity index (χ1v) is 7.90. The molecule has 0 saturated carbocycles. The van der Waals surface area contributed by atoms with Crippen LogP contribution in [-0.4, -0.2) is 45.3 Å². The van der Waals surface area contributed by atoms with Crippen molar-refractivity contribution in [2.45, 2.75) is 24.7 Å². The van der Waals surface area contributed by atoms with Gasteiger partial charge in [0.1, 0.15) is 11.7 Å². The fourth-order valence-corrected chi connectivity index (χ4v) is 3.02. The van der Waals surface area contributed by atoms with Crippen molar-refractivity contribution < 1.29 is 9.32 Å². The van der Waals surface area contributed by atoms with Gasteiger partial charge in [-0.25, -0.2) is 9.98 Å². The number of hydrogen-bond acceptors (Lipinski definition) is 7. The number of allylic oxidation sites excluding steroid dienone is 1. The lowest BCUT2D eigenvalue weighted by Crippen LogP contribution is -2.35. The number of hydrogen-bond donors (Lipinski definition) is 0. The Morgan fingerprint density at radius 2 is 2.25 bits per heavy atom. The highest BCUT2D eigenvalue weighted by atomic mass is 16.5. The quantitative estimate of drug-likeness (QED) is 0.843. The van der Waals surface area contributed by atoms with Gasteiger partial charge in [-0.05, 0) is 18.9 Å². The molecule has 4 heterocycles. The monoisotopic (exact) mass is 324 g/mol. The molecule has 2 aliphatic heterocycles. The topological polar surface area (TPSA) is 97.4 Å². The minimum Gasteiger partial charge on any atom is -0.355 e. The smallest absolute Gasteiger partial charge is 0.260 e. The van der Waals surface area contributed by atoms with Gasteiger partial charge in [-0.1, -0.05) is 11.2 Å². The number of aliphatic imine (C=N–C) groups is 1. The van der Waals surface area contributed by atoms with Crippen molar-refractivity contribution in [3.05, 3.63) is 42.5 Å². The van der Waals surface area contributed by atoms with E-state index in [9.17, 15) is 4.79 Å². The zero-order chi connectivity index (χ0) is 16.4. The van der Waals surface area contributed by atoms with E-state index in [1.165, 1.54) is 6.21 Å². The van der Waals surface area contributed by atoms with Gasteiger partial charge in [0.15, 0.2) is 5.82 Å². The summed E-state index contributed by atoms with van der Waals surface area (Å²) in [5.41, 5.74) is 0. The number of carbonyl (C=O) groups excluding carboxylic acids is 1. The standard InChI is InChI=1S/C16H16N6O2/c23-15-12(4-1-5-19-15)14-20-16(24-21-14)11-3-2-8-22(10-11)13-9-17-6-7-18-13/h1,4-7,9,11-12H,2-3,8,10H2. The Bertz CT molecular complexity index is 785. The van der Waals surface area contributed by atoms with E-state index in [0.717, 1.165) is 31.7 Å². The van der Waals surface area contributed by atoms with Crippen molar-refractivity contribution in [2.75, 3.05) is 18.0 Å². The maximum absolute atomic E-state index is 11.8. The molecule has 0 bridgehead atoms. The van der Waals surface area contributed by atoms with E-state index in [4.69, 9.17) is 4.52 Å². The van der Waals surface area contributed by atoms with Crippen LogP contribution in [-0.2, 0) is 4.79 Å². The Labute approximate surface area is 138 Å². The van der Waals surface area contributed by atoms with Gasteiger partial charge < -0.3 is 9.42 Å². The maximum atomic E-state index is 11.8. The molecule has 2 unspecified atom stereocenters. The van der Waals surface area contributed by atoms with Gasteiger partial charge >= 0.3 is 0 Å². The maximum Gasteiger partial charge on any atom is 0.260 e. The SMILES string of the molecule is O=C1N=CC=CC1c1noc(C2CCCN(c3cnccn3)C2)n1. The first-order chi connectivity index (χ1) is 11.8. The summed E-state index contributed by atoms with van der Waals surface area (Å²) in [6.45, 7) is 1.67. The summed E-state index contributed by atoms with van der Waals surface area (Å²) in [5, 5.41) is 3.98. The molecular formula is C16H16N6O2. The molecule has 122 valence electrons. The van der Waals surface area contributed by atoms with Crippen LogP contribution in [0.15, 0.2) is 40.3 Å². The number of carbonyl (C=O) groups is 1. The second-order valence-corrected chi connectivity index (χ2v) is 5.82. The van der Waals surface area contributed by atoms with Gasteiger partial charge in [0, 0.05) is 31.7 Å². The van der Waals surface area contributed by atoms with Crippen molar-refractivity contribution >= 4 is 17.9 Å². The number of aromatic nitrogens is 4. The van der Waals surface area contributed by atoms with Crippen LogP contribution in [0.3, 0.4) is 0 Å². The summed E-state index contributed by atoms with van der Waals surface area (Å²) in [6, 6.07) is 0. The lowest BCUT2D eigenvalue weighted by atomic mass is 9.98. The summed E-state index contributed by atoms with van der Waals surface area (Å²) in [5.74, 6) is 1.09. The summed E-state index contributed by atoms with van der Waals surface area (Å²) in [4.78, 5) is 30.7. The van der Waals surface area contributed by atoms with Crippen LogP contribution in [0.1, 0.15) is 36.4 Å². The van der Waals surface area contributed by atoms with E-state index >= 15 is 0 Å². The first kappa shape index (κ1) is 14.7. The molecule has 0 N–H and O–H groups in total. The van der Waals surface area contributed by atoms with Gasteiger partial charge in [0.2, 0.25) is 5.89 Å². The minimum atomic E-state index is -0.549. The van der Waals surface area contributed by atoms with Crippen LogP contribution in [0, 0.1) is 0 Å². The molecule has 2 aromatic heterocycles. The summed E-state index contributed by atoms with van der Waals surface area (Å²) in [6.07, 6.45) is 12.0. The van der Waals surface area contributed by atoms with Crippen molar-refractivity contribution in [1.29, 1.82) is 0 Å². The number of nitrogens with zero attached hydrogens (tertiary/aromatic N) is 6. The Morgan fingerprint density at radius 1 is 1.29 bits per heavy atom. The van der Waals surface area contributed by atoms with E-state index in [1.54, 1.807) is 30.7 Å². The van der Waals surface area contributed by atoms with Crippen molar-refractivity contribution in [2.24, 2.45) is 4.99 Å². The van der Waals surface area contributed by atoms with Crippen LogP contribution < -0.4 is 4.90 Å². The number of anilines is 1. The molecule has 1 saturated heterocycles. The molecule has 0 aliphatic carbocycles. The molecule has 0 radical (unpaired) electrons. The third-order valence-electron chi connectivity index (χ3n) is 4.24. The molecule has 24 heavy (non-hydrogen) atoms. The normalized spacial score (nSPS) is 23.7. The molecule has 4 rings (SSSR count). The Morgan fingerprint density at radius 3 is 3.08 bits per heavy atom. The van der Waals surface area contributed by atoms with Crippen molar-refractivity contribution in [3.8, 4) is 0 Å². The Balaban J connectivity index is 1.51. The van der Waals surface area contributed by atoms with Gasteiger partial charge in [0.25, 0.3) is 5.91 Å². The largest absolute Gasteiger partial charge is 0.355 e. The molecule has 2 aliphatic rings. The van der Waals surface area contributed by atoms with Crippen molar-refractivity contribution in [3.63, 3.8) is 0 Å². The van der Waals surface area contributed by atoms with E-state index in [0.29, 0.717) is 11.7 Å². The third-order valence-corrected chi connectivity index (χ3v) is 4.24. The Kier molecular flexibility index (Phi) is 3.86. The second-order valence-electron chi connectivity index (χ2n) is 5.82. The number of amides is 1. The van der Waals surface area contributed by atoms with Crippen LogP contribution in [0.4, 0.5) is 5.82 Å². The average molecular weight is 324 g/mol. The van der Waals surface area contributed by atoms with Crippen LogP contribution >= 0.6 is 0 Å². The zero-order valence-corrected chi connectivity index (χ0v) is 12.9. The highest BCUT2D eigenvalue weighted by Gasteiger charge is 2.30. The second kappa shape index (κ2) is 6.31. The van der Waals surface area contributed by atoms with Crippen LogP contribution in [0.25, 0.3) is 0 Å². The molecule has 2 atom stereocenters. The van der Waals surface area contributed by atoms with E-state index in [-0.39, 0.29) is 11.8 Å². The van der Waals surface area contributed by atoms with Gasteiger partial charge in [-0.15, -0.1) is 0 Å². The summed E-state index contributed by atoms with van der Waals surface area (Å²) < 4.78 is 5.43. The van der Waals surface area contributed by atoms with Crippen LogP contribution in [0.5, 0.6) is 0 Å². The lowest BCUT2D eigenvalue weighted by Gasteiger charge is -2.31. The number of dihydropyridines is 1. The van der Waals surface area contributed by atoms with Crippen molar-refractivity contribution in [1.82, 2.24) is 20.1 Å². The predicted octanol–water partition coefficient (Wildman–Crippen LogP) is 1.49.